The minimum atomic E-state index is -3.68. The third kappa shape index (κ3) is 2.50. The highest BCUT2D eigenvalue weighted by molar-refractivity contribution is 7.92. The van der Waals surface area contributed by atoms with Crippen molar-refractivity contribution in [2.45, 2.75) is 24.3 Å². The van der Waals surface area contributed by atoms with Crippen LogP contribution in [-0.2, 0) is 16.4 Å². The molecule has 116 valence electrons. The number of hydrogen-bond donors (Lipinski definition) is 1. The molecule has 0 bridgehead atoms. The summed E-state index contributed by atoms with van der Waals surface area (Å²) in [6.07, 6.45) is 0.769. The molecule has 6 heteroatoms. The number of fused-ring (bicyclic) bond motifs is 1. The fraction of sp³-hybridized carbons (Fsp3) is 0.250. The molecule has 5 nitrogen and oxygen atoms in total. The lowest BCUT2D eigenvalue weighted by Crippen LogP contribution is -2.26. The van der Waals surface area contributed by atoms with Gasteiger partial charge in [0.15, 0.2) is 0 Å². The van der Waals surface area contributed by atoms with Crippen molar-refractivity contribution in [2.75, 3.05) is 11.4 Å². The van der Waals surface area contributed by atoms with E-state index in [0.29, 0.717) is 12.1 Å². The van der Waals surface area contributed by atoms with Gasteiger partial charge in [-0.25, -0.2) is 8.42 Å². The summed E-state index contributed by atoms with van der Waals surface area (Å²) in [4.78, 5) is 0.217. The Morgan fingerprint density at radius 3 is 2.73 bits per heavy atom. The van der Waals surface area contributed by atoms with E-state index in [9.17, 15) is 13.5 Å². The molecule has 1 aliphatic rings. The molecule has 1 N–H and O–H groups in total. The second kappa shape index (κ2) is 5.21. The van der Waals surface area contributed by atoms with Crippen LogP contribution in [0, 0.1) is 0 Å². The SMILES string of the molecule is CC1Cc2cc(S(=O)(=O)N(C)c3cccc(O)c3)ccc2O1. The first-order valence-corrected chi connectivity index (χ1v) is 8.39. The van der Waals surface area contributed by atoms with Gasteiger partial charge >= 0.3 is 0 Å². The fourth-order valence-electron chi connectivity index (χ4n) is 2.54. The summed E-state index contributed by atoms with van der Waals surface area (Å²) in [5.41, 5.74) is 1.31. The van der Waals surface area contributed by atoms with E-state index in [0.717, 1.165) is 15.6 Å². The molecule has 0 saturated heterocycles. The van der Waals surface area contributed by atoms with E-state index in [2.05, 4.69) is 0 Å². The summed E-state index contributed by atoms with van der Waals surface area (Å²) in [5, 5.41) is 9.52. The van der Waals surface area contributed by atoms with Crippen molar-refractivity contribution in [1.29, 1.82) is 0 Å². The molecular weight excluding hydrogens is 302 g/mol. The monoisotopic (exact) mass is 319 g/mol. The standard InChI is InChI=1S/C16H17NO4S/c1-11-8-12-9-15(6-7-16(12)21-11)22(19,20)17(2)13-4-3-5-14(18)10-13/h3-7,9-11,18H,8H2,1-2H3. The third-order valence-electron chi connectivity index (χ3n) is 3.72. The Kier molecular flexibility index (Phi) is 3.48. The van der Waals surface area contributed by atoms with E-state index < -0.39 is 10.0 Å². The van der Waals surface area contributed by atoms with E-state index in [-0.39, 0.29) is 16.7 Å². The van der Waals surface area contributed by atoms with Crippen molar-refractivity contribution < 1.29 is 18.3 Å². The predicted molar refractivity (Wildman–Crippen MR) is 83.9 cm³/mol. The average molecular weight is 319 g/mol. The lowest BCUT2D eigenvalue weighted by Gasteiger charge is -2.20. The van der Waals surface area contributed by atoms with Crippen LogP contribution in [0.2, 0.25) is 0 Å². The highest BCUT2D eigenvalue weighted by atomic mass is 32.2. The van der Waals surface area contributed by atoms with Gasteiger partial charge in [-0.15, -0.1) is 0 Å². The van der Waals surface area contributed by atoms with Crippen LogP contribution < -0.4 is 9.04 Å². The molecule has 0 aromatic heterocycles. The number of rotatable bonds is 3. The number of phenolic OH excluding ortho intramolecular Hbond substituents is 1. The zero-order valence-corrected chi connectivity index (χ0v) is 13.2. The van der Waals surface area contributed by atoms with E-state index >= 15 is 0 Å². The van der Waals surface area contributed by atoms with Gasteiger partial charge in [-0.1, -0.05) is 6.07 Å². The summed E-state index contributed by atoms with van der Waals surface area (Å²) in [5.74, 6) is 0.766. The Bertz CT molecular complexity index is 817. The third-order valence-corrected chi connectivity index (χ3v) is 5.50. The molecule has 0 saturated carbocycles. The van der Waals surface area contributed by atoms with Crippen molar-refractivity contribution in [2.24, 2.45) is 0 Å². The molecule has 2 aromatic rings. The van der Waals surface area contributed by atoms with Crippen LogP contribution in [-0.4, -0.2) is 26.7 Å². The van der Waals surface area contributed by atoms with Crippen molar-refractivity contribution in [3.05, 3.63) is 48.0 Å². The number of hydrogen-bond acceptors (Lipinski definition) is 4. The van der Waals surface area contributed by atoms with Crippen molar-refractivity contribution in [3.63, 3.8) is 0 Å². The van der Waals surface area contributed by atoms with Crippen LogP contribution >= 0.6 is 0 Å². The molecule has 1 unspecified atom stereocenters. The summed E-state index contributed by atoms with van der Waals surface area (Å²) in [7, 11) is -2.21. The largest absolute Gasteiger partial charge is 0.508 e. The number of anilines is 1. The smallest absolute Gasteiger partial charge is 0.264 e. The van der Waals surface area contributed by atoms with Gasteiger partial charge in [0.05, 0.1) is 10.6 Å². The number of sulfonamides is 1. The number of phenols is 1. The van der Waals surface area contributed by atoms with Gasteiger partial charge in [0.1, 0.15) is 17.6 Å². The minimum Gasteiger partial charge on any atom is -0.508 e. The molecule has 2 aromatic carbocycles. The van der Waals surface area contributed by atoms with Crippen molar-refractivity contribution in [1.82, 2.24) is 0 Å². The quantitative estimate of drug-likeness (QED) is 0.944. The van der Waals surface area contributed by atoms with Gasteiger partial charge in [0.25, 0.3) is 10.0 Å². The van der Waals surface area contributed by atoms with Gasteiger partial charge in [0.2, 0.25) is 0 Å². The van der Waals surface area contributed by atoms with Gasteiger partial charge < -0.3 is 9.84 Å². The first-order valence-electron chi connectivity index (χ1n) is 6.95. The second-order valence-corrected chi connectivity index (χ2v) is 7.36. The first kappa shape index (κ1) is 14.7. The highest BCUT2D eigenvalue weighted by Crippen LogP contribution is 2.32. The van der Waals surface area contributed by atoms with Gasteiger partial charge in [-0.2, -0.15) is 0 Å². The topological polar surface area (TPSA) is 66.8 Å². The van der Waals surface area contributed by atoms with E-state index in [4.69, 9.17) is 4.74 Å². The predicted octanol–water partition coefficient (Wildman–Crippen LogP) is 2.54. The van der Waals surface area contributed by atoms with Crippen LogP contribution in [0.3, 0.4) is 0 Å². The van der Waals surface area contributed by atoms with Crippen molar-refractivity contribution in [3.8, 4) is 11.5 Å². The van der Waals surface area contributed by atoms with E-state index in [1.807, 2.05) is 6.92 Å². The summed E-state index contributed by atoms with van der Waals surface area (Å²) in [6.45, 7) is 1.95. The number of aromatic hydroxyl groups is 1. The van der Waals surface area contributed by atoms with Crippen molar-refractivity contribution >= 4 is 15.7 Å². The molecule has 0 amide bonds. The van der Waals surface area contributed by atoms with Crippen LogP contribution in [0.15, 0.2) is 47.4 Å². The van der Waals surface area contributed by atoms with Gasteiger partial charge in [0, 0.05) is 19.5 Å². The Labute approximate surface area is 129 Å². The fourth-order valence-corrected chi connectivity index (χ4v) is 3.78. The Morgan fingerprint density at radius 1 is 1.23 bits per heavy atom. The molecule has 1 aliphatic heterocycles. The Morgan fingerprint density at radius 2 is 2.00 bits per heavy atom. The number of ether oxygens (including phenoxy) is 1. The lowest BCUT2D eigenvalue weighted by molar-refractivity contribution is 0.254. The van der Waals surface area contributed by atoms with Gasteiger partial charge in [-0.05, 0) is 42.8 Å². The maximum Gasteiger partial charge on any atom is 0.264 e. The lowest BCUT2D eigenvalue weighted by atomic mass is 10.1. The van der Waals surface area contributed by atoms with Crippen LogP contribution in [0.5, 0.6) is 11.5 Å². The average Bonchev–Trinajstić information content (AvgIpc) is 2.85. The molecule has 1 heterocycles. The van der Waals surface area contributed by atoms with Gasteiger partial charge in [-0.3, -0.25) is 4.31 Å². The molecule has 0 radical (unpaired) electrons. The van der Waals surface area contributed by atoms with E-state index in [1.54, 1.807) is 30.3 Å². The Hall–Kier alpha value is -2.21. The number of nitrogens with zero attached hydrogens (tertiary/aromatic N) is 1. The molecular formula is C16H17NO4S. The molecule has 1 atom stereocenters. The molecule has 0 aliphatic carbocycles. The molecule has 22 heavy (non-hydrogen) atoms. The molecule has 0 spiro atoms. The Balaban J connectivity index is 1.98. The highest BCUT2D eigenvalue weighted by Gasteiger charge is 2.25. The molecule has 3 rings (SSSR count). The second-order valence-electron chi connectivity index (χ2n) is 5.39. The maximum absolute atomic E-state index is 12.7. The molecule has 0 fully saturated rings. The minimum absolute atomic E-state index is 0.0238. The summed E-state index contributed by atoms with van der Waals surface area (Å²) in [6, 6.07) is 11.1. The summed E-state index contributed by atoms with van der Waals surface area (Å²) >= 11 is 0. The zero-order chi connectivity index (χ0) is 15.9. The van der Waals surface area contributed by atoms with Crippen LogP contribution in [0.1, 0.15) is 12.5 Å². The first-order chi connectivity index (χ1) is 10.4. The van der Waals surface area contributed by atoms with Crippen LogP contribution in [0.4, 0.5) is 5.69 Å². The normalized spacial score (nSPS) is 16.9. The van der Waals surface area contributed by atoms with Crippen LogP contribution in [0.25, 0.3) is 0 Å². The van der Waals surface area contributed by atoms with E-state index in [1.165, 1.54) is 19.2 Å². The maximum atomic E-state index is 12.7. The summed E-state index contributed by atoms with van der Waals surface area (Å²) < 4.78 is 32.2. The number of benzene rings is 2. The zero-order valence-electron chi connectivity index (χ0n) is 12.4.